The van der Waals surface area contributed by atoms with E-state index in [1.54, 1.807) is 18.3 Å². The van der Waals surface area contributed by atoms with Gasteiger partial charge in [-0.25, -0.2) is 9.53 Å². The van der Waals surface area contributed by atoms with E-state index < -0.39 is 5.97 Å². The van der Waals surface area contributed by atoms with Gasteiger partial charge in [0.1, 0.15) is 18.4 Å². The van der Waals surface area contributed by atoms with Crippen molar-refractivity contribution in [3.05, 3.63) is 111 Å². The van der Waals surface area contributed by atoms with Crippen LogP contribution in [0.5, 0.6) is 5.75 Å². The molecule has 5 rings (SSSR count). The van der Waals surface area contributed by atoms with Gasteiger partial charge in [0.15, 0.2) is 0 Å². The molecule has 0 amide bonds. The molecule has 3 aromatic carbocycles. The Morgan fingerprint density at radius 3 is 2.53 bits per heavy atom. The fourth-order valence-corrected chi connectivity index (χ4v) is 5.66. The summed E-state index contributed by atoms with van der Waals surface area (Å²) >= 11 is 1.62. The maximum absolute atomic E-state index is 13.2. The number of hydrogen-bond donors (Lipinski definition) is 0. The fraction of sp³-hybridized carbons (Fsp3) is 0.200. The highest BCUT2D eigenvalue weighted by molar-refractivity contribution is 7.17. The van der Waals surface area contributed by atoms with Crippen molar-refractivity contribution in [2.45, 2.75) is 19.8 Å². The van der Waals surface area contributed by atoms with Gasteiger partial charge in [-0.2, -0.15) is 0 Å². The number of nitrogens with zero attached hydrogens (tertiary/aromatic N) is 1. The summed E-state index contributed by atoms with van der Waals surface area (Å²) in [7, 11) is 1.42. The molecule has 0 spiro atoms. The molecule has 36 heavy (non-hydrogen) atoms. The molecule has 0 fully saturated rings. The minimum absolute atomic E-state index is 0.224. The molecule has 5 nitrogen and oxygen atoms in total. The third kappa shape index (κ3) is 4.52. The Labute approximate surface area is 214 Å². The minimum atomic E-state index is -0.498. The molecule has 1 aromatic heterocycles. The van der Waals surface area contributed by atoms with E-state index in [0.29, 0.717) is 29.2 Å². The molecule has 0 radical (unpaired) electrons. The number of hydrogen-bond acceptors (Lipinski definition) is 5. The number of rotatable bonds is 8. The van der Waals surface area contributed by atoms with Crippen molar-refractivity contribution in [3.8, 4) is 5.75 Å². The summed E-state index contributed by atoms with van der Waals surface area (Å²) < 4.78 is 13.3. The van der Waals surface area contributed by atoms with Crippen LogP contribution < -0.4 is 4.74 Å². The molecule has 0 atom stereocenters. The third-order valence-electron chi connectivity index (χ3n) is 6.27. The number of thiophene rings is 1. The Balaban J connectivity index is 1.52. The van der Waals surface area contributed by atoms with Crippen LogP contribution in [-0.2, 0) is 16.0 Å². The first-order chi connectivity index (χ1) is 17.6. The maximum atomic E-state index is 13.2. The Bertz CT molecular complexity index is 1480. The zero-order valence-electron chi connectivity index (χ0n) is 20.3. The lowest BCUT2D eigenvalue weighted by molar-refractivity contribution is -0.421. The summed E-state index contributed by atoms with van der Waals surface area (Å²) in [5, 5.41) is 15.9. The van der Waals surface area contributed by atoms with Crippen molar-refractivity contribution in [3.63, 3.8) is 0 Å². The van der Waals surface area contributed by atoms with Crippen LogP contribution in [0.25, 0.3) is 15.7 Å². The first-order valence-electron chi connectivity index (χ1n) is 12.1. The lowest BCUT2D eigenvalue weighted by atomic mass is 9.97. The zero-order chi connectivity index (χ0) is 25.1. The Morgan fingerprint density at radius 1 is 0.972 bits per heavy atom. The predicted molar refractivity (Wildman–Crippen MR) is 145 cm³/mol. The van der Waals surface area contributed by atoms with Crippen molar-refractivity contribution in [1.29, 1.82) is 0 Å². The van der Waals surface area contributed by atoms with Gasteiger partial charge in [0.25, 0.3) is 0 Å². The highest BCUT2D eigenvalue weighted by Crippen LogP contribution is 2.43. The standard InChI is InChI=1S/C30H27NO4S/c1-3-34-30(32)28-27(25-19-36-26-14-8-7-13-22(25)26)23-16-15-21(18-24(23)29(28)31(2)33)35-17-9-12-20-10-5-4-6-11-20/h4-8,10-11,13-16,18-19H,3,9,12,17H2,1-2H3/b31-29+. The molecule has 1 heterocycles. The van der Waals surface area contributed by atoms with Gasteiger partial charge in [-0.15, -0.1) is 11.3 Å². The van der Waals surface area contributed by atoms with Gasteiger partial charge in [-0.3, -0.25) is 0 Å². The average Bonchev–Trinajstić information content (AvgIpc) is 3.46. The van der Waals surface area contributed by atoms with E-state index in [-0.39, 0.29) is 6.61 Å². The SMILES string of the molecule is CCOC(=O)C1=C(c2csc3ccccc23)c2ccc(OCCCc3ccccc3)cc2/C1=[N+](/C)[O-]. The average molecular weight is 498 g/mol. The number of carbonyl (C=O) groups is 1. The first kappa shape index (κ1) is 23.8. The molecule has 1 aliphatic carbocycles. The zero-order valence-corrected chi connectivity index (χ0v) is 21.1. The molecule has 0 unspecified atom stereocenters. The predicted octanol–water partition coefficient (Wildman–Crippen LogP) is 6.22. The van der Waals surface area contributed by atoms with Crippen LogP contribution >= 0.6 is 11.3 Å². The lowest BCUT2D eigenvalue weighted by Crippen LogP contribution is -2.21. The molecule has 1 aliphatic rings. The number of aryl methyl sites for hydroxylation is 1. The van der Waals surface area contributed by atoms with Gasteiger partial charge in [-0.1, -0.05) is 48.5 Å². The van der Waals surface area contributed by atoms with Crippen LogP contribution in [0.15, 0.2) is 83.7 Å². The van der Waals surface area contributed by atoms with Crippen molar-refractivity contribution in [2.24, 2.45) is 0 Å². The first-order valence-corrected chi connectivity index (χ1v) is 12.9. The molecule has 6 heteroatoms. The summed E-state index contributed by atoms with van der Waals surface area (Å²) in [6.07, 6.45) is 1.80. The molecule has 0 saturated heterocycles. The van der Waals surface area contributed by atoms with E-state index in [0.717, 1.165) is 44.4 Å². The molecule has 4 aromatic rings. The van der Waals surface area contributed by atoms with Crippen LogP contribution in [0.4, 0.5) is 0 Å². The Kier molecular flexibility index (Phi) is 6.87. The highest BCUT2D eigenvalue weighted by atomic mass is 32.1. The van der Waals surface area contributed by atoms with Gasteiger partial charge in [0.05, 0.1) is 18.8 Å². The molecule has 0 saturated carbocycles. The number of hydroxylamine groups is 1. The largest absolute Gasteiger partial charge is 0.624 e. The maximum Gasteiger partial charge on any atom is 0.345 e. The van der Waals surface area contributed by atoms with E-state index in [4.69, 9.17) is 9.47 Å². The summed E-state index contributed by atoms with van der Waals surface area (Å²) in [6, 6.07) is 24.1. The topological polar surface area (TPSA) is 61.6 Å². The quantitative estimate of drug-likeness (QED) is 0.0953. The highest BCUT2D eigenvalue weighted by Gasteiger charge is 2.39. The number of esters is 1. The third-order valence-corrected chi connectivity index (χ3v) is 7.23. The normalized spacial score (nSPS) is 14.2. The van der Waals surface area contributed by atoms with Crippen molar-refractivity contribution >= 4 is 38.7 Å². The summed E-state index contributed by atoms with van der Waals surface area (Å²) in [5.74, 6) is 0.169. The minimum Gasteiger partial charge on any atom is -0.624 e. The van der Waals surface area contributed by atoms with E-state index >= 15 is 0 Å². The monoisotopic (exact) mass is 497 g/mol. The second-order valence-corrected chi connectivity index (χ2v) is 9.52. The van der Waals surface area contributed by atoms with Gasteiger partial charge in [0, 0.05) is 21.2 Å². The van der Waals surface area contributed by atoms with Crippen LogP contribution in [0.3, 0.4) is 0 Å². The van der Waals surface area contributed by atoms with Gasteiger partial charge < -0.3 is 14.7 Å². The van der Waals surface area contributed by atoms with E-state index in [9.17, 15) is 10.0 Å². The molecular weight excluding hydrogens is 470 g/mol. The smallest absolute Gasteiger partial charge is 0.345 e. The van der Waals surface area contributed by atoms with Crippen LogP contribution in [-0.4, -0.2) is 36.7 Å². The number of fused-ring (bicyclic) bond motifs is 2. The van der Waals surface area contributed by atoms with Crippen LogP contribution in [0.1, 0.15) is 35.6 Å². The summed E-state index contributed by atoms with van der Waals surface area (Å²) in [5.41, 5.74) is 5.05. The molecule has 0 N–H and O–H groups in total. The van der Waals surface area contributed by atoms with Gasteiger partial charge >= 0.3 is 5.97 Å². The summed E-state index contributed by atoms with van der Waals surface area (Å²) in [4.78, 5) is 13.2. The molecule has 0 bridgehead atoms. The Morgan fingerprint density at radius 2 is 1.75 bits per heavy atom. The number of benzene rings is 3. The van der Waals surface area contributed by atoms with E-state index in [1.165, 1.54) is 12.6 Å². The van der Waals surface area contributed by atoms with Crippen LogP contribution in [0, 0.1) is 5.21 Å². The van der Waals surface area contributed by atoms with Crippen molar-refractivity contribution in [2.75, 3.05) is 20.3 Å². The van der Waals surface area contributed by atoms with Gasteiger partial charge in [-0.05, 0) is 60.5 Å². The van der Waals surface area contributed by atoms with Gasteiger partial charge in [0.2, 0.25) is 5.71 Å². The number of carbonyl (C=O) groups excluding carboxylic acids is 1. The Hall–Kier alpha value is -3.90. The number of ether oxygens (including phenoxy) is 2. The van der Waals surface area contributed by atoms with E-state index in [2.05, 4.69) is 18.2 Å². The summed E-state index contributed by atoms with van der Waals surface area (Å²) in [6.45, 7) is 2.54. The molecular formula is C30H27NO4S. The fourth-order valence-electron chi connectivity index (χ4n) is 4.71. The lowest BCUT2D eigenvalue weighted by Gasteiger charge is -2.10. The van der Waals surface area contributed by atoms with Crippen LogP contribution in [0.2, 0.25) is 0 Å². The van der Waals surface area contributed by atoms with E-state index in [1.807, 2.05) is 60.0 Å². The second-order valence-electron chi connectivity index (χ2n) is 8.61. The molecule has 182 valence electrons. The molecule has 0 aliphatic heterocycles. The second kappa shape index (κ2) is 10.4. The van der Waals surface area contributed by atoms with Crippen molar-refractivity contribution in [1.82, 2.24) is 0 Å². The van der Waals surface area contributed by atoms with Crippen molar-refractivity contribution < 1.29 is 19.0 Å².